The second kappa shape index (κ2) is 7.78. The van der Waals surface area contributed by atoms with Gasteiger partial charge < -0.3 is 15.8 Å². The van der Waals surface area contributed by atoms with Crippen LogP contribution in [0.5, 0.6) is 0 Å². The van der Waals surface area contributed by atoms with E-state index in [0.29, 0.717) is 11.0 Å². The van der Waals surface area contributed by atoms with Crippen molar-refractivity contribution in [3.8, 4) is 0 Å². The van der Waals surface area contributed by atoms with Gasteiger partial charge in [0.25, 0.3) is 0 Å². The number of pyridine rings is 1. The van der Waals surface area contributed by atoms with Crippen LogP contribution in [0.25, 0.3) is 10.8 Å². The number of aromatic nitrogens is 1. The summed E-state index contributed by atoms with van der Waals surface area (Å²) in [6.07, 6.45) is 3.79. The first-order chi connectivity index (χ1) is 12.5. The van der Waals surface area contributed by atoms with E-state index in [-0.39, 0.29) is 18.7 Å². The number of Topliss-reactive ketones (excluding diaryl/α,β-unsaturated/α-hetero) is 1. The van der Waals surface area contributed by atoms with Crippen molar-refractivity contribution in [3.05, 3.63) is 71.5 Å². The zero-order valence-electron chi connectivity index (χ0n) is 14.6. The van der Waals surface area contributed by atoms with Crippen LogP contribution < -0.4 is 11.2 Å². The first-order valence-corrected chi connectivity index (χ1v) is 8.51. The molecule has 3 rings (SSSR count). The van der Waals surface area contributed by atoms with Gasteiger partial charge in [-0.1, -0.05) is 42.0 Å². The van der Waals surface area contributed by atoms with Gasteiger partial charge in [0.2, 0.25) is 0 Å². The van der Waals surface area contributed by atoms with E-state index in [9.17, 15) is 14.8 Å². The molecule has 4 N–H and O–H groups in total. The van der Waals surface area contributed by atoms with Gasteiger partial charge in [0, 0.05) is 30.7 Å². The standard InChI is InChI=1S/C20H21BN2O3/c1-13-2-4-16(10-19(13)21(25)26)18(11-22)20(24)9-14-3-5-17-12-23-7-6-15(17)8-14/h2-8,10,12,18,25-26H,9,11,22H2,1H3. The molecule has 0 aliphatic carbocycles. The quantitative estimate of drug-likeness (QED) is 0.579. The number of aryl methyl sites for hydroxylation is 1. The summed E-state index contributed by atoms with van der Waals surface area (Å²) in [6, 6.07) is 13.0. The third kappa shape index (κ3) is 3.83. The summed E-state index contributed by atoms with van der Waals surface area (Å²) >= 11 is 0. The predicted octanol–water partition coefficient (Wildman–Crippen LogP) is 1.08. The fourth-order valence-corrected chi connectivity index (χ4v) is 3.17. The molecule has 0 fully saturated rings. The van der Waals surface area contributed by atoms with Gasteiger partial charge in [-0.2, -0.15) is 0 Å². The molecule has 0 amide bonds. The largest absolute Gasteiger partial charge is 0.488 e. The number of carbonyl (C=O) groups is 1. The van der Waals surface area contributed by atoms with Crippen molar-refractivity contribution < 1.29 is 14.8 Å². The van der Waals surface area contributed by atoms with Gasteiger partial charge in [-0.3, -0.25) is 9.78 Å². The molecule has 3 aromatic rings. The van der Waals surface area contributed by atoms with Crippen LogP contribution in [0.1, 0.15) is 22.6 Å². The summed E-state index contributed by atoms with van der Waals surface area (Å²) in [5.74, 6) is -0.482. The van der Waals surface area contributed by atoms with Crippen LogP contribution in [0.15, 0.2) is 54.9 Å². The van der Waals surface area contributed by atoms with E-state index in [2.05, 4.69) is 4.98 Å². The van der Waals surface area contributed by atoms with Crippen LogP contribution in [0.4, 0.5) is 0 Å². The predicted molar refractivity (Wildman–Crippen MR) is 103 cm³/mol. The van der Waals surface area contributed by atoms with E-state index >= 15 is 0 Å². The number of carbonyl (C=O) groups excluding carboxylic acids is 1. The van der Waals surface area contributed by atoms with Crippen molar-refractivity contribution in [1.82, 2.24) is 4.98 Å². The molecule has 0 spiro atoms. The molecule has 2 aromatic carbocycles. The van der Waals surface area contributed by atoms with Crippen LogP contribution in [0.3, 0.4) is 0 Å². The molecule has 1 aromatic heterocycles. The Balaban J connectivity index is 1.85. The second-order valence-electron chi connectivity index (χ2n) is 6.48. The molecule has 132 valence electrons. The molecule has 0 bridgehead atoms. The maximum atomic E-state index is 12.8. The zero-order chi connectivity index (χ0) is 18.7. The molecule has 1 unspecified atom stereocenters. The number of benzene rings is 2. The fourth-order valence-electron chi connectivity index (χ4n) is 3.17. The van der Waals surface area contributed by atoms with Crippen LogP contribution in [0, 0.1) is 6.92 Å². The van der Waals surface area contributed by atoms with Crippen molar-refractivity contribution in [2.24, 2.45) is 5.73 Å². The molecule has 6 heteroatoms. The average molecular weight is 348 g/mol. The lowest BCUT2D eigenvalue weighted by atomic mass is 9.75. The van der Waals surface area contributed by atoms with Crippen molar-refractivity contribution in [1.29, 1.82) is 0 Å². The van der Waals surface area contributed by atoms with Gasteiger partial charge in [0.05, 0.1) is 5.92 Å². The van der Waals surface area contributed by atoms with Crippen molar-refractivity contribution in [2.45, 2.75) is 19.3 Å². The Morgan fingerprint density at radius 1 is 1.15 bits per heavy atom. The minimum absolute atomic E-state index is 0.00291. The Morgan fingerprint density at radius 2 is 1.96 bits per heavy atom. The van der Waals surface area contributed by atoms with Gasteiger partial charge in [-0.15, -0.1) is 0 Å². The van der Waals surface area contributed by atoms with Crippen molar-refractivity contribution in [3.63, 3.8) is 0 Å². The normalized spacial score (nSPS) is 12.2. The first kappa shape index (κ1) is 18.3. The number of nitrogens with two attached hydrogens (primary N) is 1. The van der Waals surface area contributed by atoms with Crippen molar-refractivity contribution >= 4 is 29.1 Å². The molecular weight excluding hydrogens is 327 g/mol. The molecule has 1 atom stereocenters. The third-order valence-corrected chi connectivity index (χ3v) is 4.69. The van der Waals surface area contributed by atoms with E-state index in [1.54, 1.807) is 31.5 Å². The highest BCUT2D eigenvalue weighted by atomic mass is 16.4. The number of nitrogens with zero attached hydrogens (tertiary/aromatic N) is 1. The lowest BCUT2D eigenvalue weighted by Crippen LogP contribution is -2.33. The van der Waals surface area contributed by atoms with Gasteiger partial charge in [-0.05, 0) is 35.0 Å². The molecule has 0 saturated carbocycles. The first-order valence-electron chi connectivity index (χ1n) is 8.51. The smallest absolute Gasteiger partial charge is 0.423 e. The van der Waals surface area contributed by atoms with E-state index < -0.39 is 13.0 Å². The Hall–Kier alpha value is -2.54. The summed E-state index contributed by atoms with van der Waals surface area (Å²) < 4.78 is 0. The van der Waals surface area contributed by atoms with E-state index in [4.69, 9.17) is 5.73 Å². The maximum absolute atomic E-state index is 12.8. The number of hydrogen-bond donors (Lipinski definition) is 3. The highest BCUT2D eigenvalue weighted by Gasteiger charge is 2.22. The minimum atomic E-state index is -1.57. The lowest BCUT2D eigenvalue weighted by molar-refractivity contribution is -0.119. The Kier molecular flexibility index (Phi) is 5.47. The van der Waals surface area contributed by atoms with E-state index in [0.717, 1.165) is 21.9 Å². The molecule has 0 aliphatic rings. The number of hydrogen-bond acceptors (Lipinski definition) is 5. The van der Waals surface area contributed by atoms with Crippen LogP contribution in [-0.2, 0) is 11.2 Å². The monoisotopic (exact) mass is 348 g/mol. The number of rotatable bonds is 6. The summed E-state index contributed by atoms with van der Waals surface area (Å²) in [7, 11) is -1.57. The lowest BCUT2D eigenvalue weighted by Gasteiger charge is -2.17. The highest BCUT2D eigenvalue weighted by molar-refractivity contribution is 6.59. The third-order valence-electron chi connectivity index (χ3n) is 4.69. The fraction of sp³-hybridized carbons (Fsp3) is 0.200. The molecule has 0 saturated heterocycles. The molecule has 0 radical (unpaired) electrons. The SMILES string of the molecule is Cc1ccc(C(CN)C(=O)Cc2ccc3cnccc3c2)cc1B(O)O. The van der Waals surface area contributed by atoms with Crippen LogP contribution in [0.2, 0.25) is 0 Å². The van der Waals surface area contributed by atoms with Gasteiger partial charge in [0.1, 0.15) is 5.78 Å². The topological polar surface area (TPSA) is 96.4 Å². The summed E-state index contributed by atoms with van der Waals surface area (Å²) in [6.45, 7) is 1.96. The van der Waals surface area contributed by atoms with Crippen LogP contribution in [-0.4, -0.2) is 34.5 Å². The molecular formula is C20H21BN2O3. The zero-order valence-corrected chi connectivity index (χ0v) is 14.6. The highest BCUT2D eigenvalue weighted by Crippen LogP contribution is 2.20. The summed E-state index contributed by atoms with van der Waals surface area (Å²) in [5.41, 5.74) is 8.64. The average Bonchev–Trinajstić information content (AvgIpc) is 2.63. The molecule has 5 nitrogen and oxygen atoms in total. The molecule has 1 heterocycles. The minimum Gasteiger partial charge on any atom is -0.423 e. The van der Waals surface area contributed by atoms with Crippen molar-refractivity contribution in [2.75, 3.05) is 6.54 Å². The summed E-state index contributed by atoms with van der Waals surface area (Å²) in [5, 5.41) is 21.0. The molecule has 0 aliphatic heterocycles. The van der Waals surface area contributed by atoms with Gasteiger partial charge >= 0.3 is 7.12 Å². The van der Waals surface area contributed by atoms with Gasteiger partial charge in [0.15, 0.2) is 0 Å². The maximum Gasteiger partial charge on any atom is 0.488 e. The number of fused-ring (bicyclic) bond motifs is 1. The van der Waals surface area contributed by atoms with E-state index in [1.807, 2.05) is 30.3 Å². The van der Waals surface area contributed by atoms with E-state index in [1.165, 1.54) is 0 Å². The molecule has 26 heavy (non-hydrogen) atoms. The Labute approximate surface area is 152 Å². The van der Waals surface area contributed by atoms with Gasteiger partial charge in [-0.25, -0.2) is 0 Å². The van der Waals surface area contributed by atoms with Crippen LogP contribution >= 0.6 is 0 Å². The Bertz CT molecular complexity index is 943. The Morgan fingerprint density at radius 3 is 2.69 bits per heavy atom. The second-order valence-corrected chi connectivity index (χ2v) is 6.48. The number of ketones is 1. The summed E-state index contributed by atoms with van der Waals surface area (Å²) in [4.78, 5) is 16.9.